The van der Waals surface area contributed by atoms with Crippen molar-refractivity contribution in [3.05, 3.63) is 42.2 Å². The summed E-state index contributed by atoms with van der Waals surface area (Å²) in [5, 5.41) is 16.5. The third kappa shape index (κ3) is 4.75. The maximum absolute atomic E-state index is 13.0. The minimum Gasteiger partial charge on any atom is -0.415 e. The van der Waals surface area contributed by atoms with E-state index < -0.39 is 6.61 Å². The lowest BCUT2D eigenvalue weighted by molar-refractivity contribution is -0.0526. The van der Waals surface area contributed by atoms with Crippen molar-refractivity contribution in [2.45, 2.75) is 32.8 Å². The number of halogens is 2. The van der Waals surface area contributed by atoms with Crippen LogP contribution in [0, 0.1) is 5.92 Å². The molecular formula is C22H24F2N6O2. The largest absolute Gasteiger partial charge is 0.415 e. The molecule has 1 aromatic carbocycles. The van der Waals surface area contributed by atoms with Crippen LogP contribution in [0.4, 0.5) is 20.3 Å². The summed E-state index contributed by atoms with van der Waals surface area (Å²) in [6, 6.07) is 9.00. The molecule has 10 heteroatoms. The SMILES string of the molecule is CCC1C=Nc2c(nc(-n3cc(-c4ccccc4)c(OC(F)F)n3)nc2NCCO)CC1. The highest BCUT2D eigenvalue weighted by Gasteiger charge is 2.22. The predicted molar refractivity (Wildman–Crippen MR) is 117 cm³/mol. The molecule has 2 N–H and O–H groups in total. The Morgan fingerprint density at radius 1 is 1.25 bits per heavy atom. The third-order valence-corrected chi connectivity index (χ3v) is 5.21. The van der Waals surface area contributed by atoms with Gasteiger partial charge in [-0.15, -0.1) is 5.10 Å². The maximum atomic E-state index is 13.0. The molecular weight excluding hydrogens is 418 g/mol. The van der Waals surface area contributed by atoms with E-state index in [1.54, 1.807) is 30.5 Å². The van der Waals surface area contributed by atoms with Gasteiger partial charge in [0.2, 0.25) is 5.88 Å². The summed E-state index contributed by atoms with van der Waals surface area (Å²) in [5.41, 5.74) is 2.44. The lowest BCUT2D eigenvalue weighted by Gasteiger charge is -2.12. The monoisotopic (exact) mass is 442 g/mol. The Labute approximate surface area is 184 Å². The van der Waals surface area contributed by atoms with Crippen LogP contribution in [0.15, 0.2) is 41.5 Å². The number of aliphatic imine (C=N–C) groups is 1. The number of nitrogens with zero attached hydrogens (tertiary/aromatic N) is 5. The molecule has 1 aliphatic rings. The van der Waals surface area contributed by atoms with Crippen LogP contribution in [0.2, 0.25) is 0 Å². The van der Waals surface area contributed by atoms with Crippen molar-refractivity contribution < 1.29 is 18.6 Å². The van der Waals surface area contributed by atoms with Gasteiger partial charge in [-0.05, 0) is 30.7 Å². The molecule has 1 atom stereocenters. The standard InChI is InChI=1S/C22H24F2N6O2/c1-2-14-8-9-17-18(26-12-14)19(25-10-11-31)28-22(27-17)30-13-16(15-6-4-3-5-7-15)20(29-30)32-21(23)24/h3-7,12-14,21,31H,2,8-11H2,1H3,(H,25,27,28). The summed E-state index contributed by atoms with van der Waals surface area (Å²) in [4.78, 5) is 13.8. The lowest BCUT2D eigenvalue weighted by Crippen LogP contribution is -2.12. The second-order valence-electron chi connectivity index (χ2n) is 7.34. The summed E-state index contributed by atoms with van der Waals surface area (Å²) in [5.74, 6) is 0.785. The van der Waals surface area contributed by atoms with E-state index >= 15 is 0 Å². The van der Waals surface area contributed by atoms with E-state index in [0.29, 0.717) is 35.0 Å². The number of aromatic nitrogens is 4. The number of benzene rings is 1. The van der Waals surface area contributed by atoms with Crippen LogP contribution in [0.1, 0.15) is 25.5 Å². The molecule has 8 nitrogen and oxygen atoms in total. The second kappa shape index (κ2) is 9.82. The summed E-state index contributed by atoms with van der Waals surface area (Å²) in [7, 11) is 0. The van der Waals surface area contributed by atoms with Crippen LogP contribution in [-0.2, 0) is 6.42 Å². The smallest absolute Gasteiger partial charge is 0.388 e. The second-order valence-corrected chi connectivity index (χ2v) is 7.34. The summed E-state index contributed by atoms with van der Waals surface area (Å²) < 4.78 is 32.0. The van der Waals surface area contributed by atoms with Crippen LogP contribution >= 0.6 is 0 Å². The fourth-order valence-corrected chi connectivity index (χ4v) is 3.53. The molecule has 0 fully saturated rings. The van der Waals surface area contributed by atoms with Crippen LogP contribution in [0.25, 0.3) is 17.1 Å². The number of ether oxygens (including phenoxy) is 1. The first-order valence-electron chi connectivity index (χ1n) is 10.5. The molecule has 2 aromatic heterocycles. The van der Waals surface area contributed by atoms with Gasteiger partial charge in [0, 0.05) is 19.0 Å². The molecule has 1 aliphatic heterocycles. The average molecular weight is 442 g/mol. The van der Waals surface area contributed by atoms with Crippen LogP contribution < -0.4 is 10.1 Å². The molecule has 0 amide bonds. The van der Waals surface area contributed by atoms with E-state index in [4.69, 9.17) is 0 Å². The zero-order valence-corrected chi connectivity index (χ0v) is 17.6. The van der Waals surface area contributed by atoms with E-state index in [1.165, 1.54) is 4.68 Å². The van der Waals surface area contributed by atoms with Gasteiger partial charge in [-0.3, -0.25) is 4.99 Å². The number of fused-ring (bicyclic) bond motifs is 1. The topological polar surface area (TPSA) is 97.5 Å². The molecule has 32 heavy (non-hydrogen) atoms. The number of nitrogens with one attached hydrogen (secondary N) is 1. The molecule has 0 aliphatic carbocycles. The number of hydrogen-bond acceptors (Lipinski definition) is 7. The van der Waals surface area contributed by atoms with Crippen molar-refractivity contribution in [1.82, 2.24) is 19.7 Å². The molecule has 0 spiro atoms. The van der Waals surface area contributed by atoms with Gasteiger partial charge < -0.3 is 15.2 Å². The van der Waals surface area contributed by atoms with Crippen molar-refractivity contribution >= 4 is 17.7 Å². The highest BCUT2D eigenvalue weighted by molar-refractivity contribution is 5.75. The predicted octanol–water partition coefficient (Wildman–Crippen LogP) is 4.01. The highest BCUT2D eigenvalue weighted by Crippen LogP contribution is 2.34. The zero-order chi connectivity index (χ0) is 22.5. The van der Waals surface area contributed by atoms with E-state index in [-0.39, 0.29) is 25.0 Å². The highest BCUT2D eigenvalue weighted by atomic mass is 19.3. The lowest BCUT2D eigenvalue weighted by atomic mass is 10.0. The Bertz CT molecular complexity index is 1090. The number of anilines is 1. The van der Waals surface area contributed by atoms with Gasteiger partial charge in [0.05, 0.1) is 17.9 Å². The van der Waals surface area contributed by atoms with E-state index in [1.807, 2.05) is 12.3 Å². The van der Waals surface area contributed by atoms with Gasteiger partial charge in [0.15, 0.2) is 5.82 Å². The number of alkyl halides is 2. The van der Waals surface area contributed by atoms with Crippen molar-refractivity contribution in [2.75, 3.05) is 18.5 Å². The van der Waals surface area contributed by atoms with Gasteiger partial charge >= 0.3 is 6.61 Å². The molecule has 0 saturated carbocycles. The van der Waals surface area contributed by atoms with E-state index in [2.05, 4.69) is 37.0 Å². The van der Waals surface area contributed by atoms with Crippen LogP contribution in [0.3, 0.4) is 0 Å². The first-order chi connectivity index (χ1) is 15.6. The first kappa shape index (κ1) is 21.8. The molecule has 4 rings (SSSR count). The molecule has 1 unspecified atom stereocenters. The molecule has 0 radical (unpaired) electrons. The summed E-state index contributed by atoms with van der Waals surface area (Å²) in [6.45, 7) is -0.713. The minimum absolute atomic E-state index is 0.0816. The van der Waals surface area contributed by atoms with Crippen LogP contribution in [0.5, 0.6) is 5.88 Å². The normalized spacial score (nSPS) is 15.5. The van der Waals surface area contributed by atoms with Crippen molar-refractivity contribution in [2.24, 2.45) is 10.9 Å². The van der Waals surface area contributed by atoms with Gasteiger partial charge in [-0.2, -0.15) is 13.8 Å². The fraction of sp³-hybridized carbons (Fsp3) is 0.364. The molecule has 0 bridgehead atoms. The molecule has 3 aromatic rings. The Morgan fingerprint density at radius 2 is 2.06 bits per heavy atom. The average Bonchev–Trinajstić information content (AvgIpc) is 3.09. The van der Waals surface area contributed by atoms with Crippen LogP contribution in [-0.4, -0.2) is 50.8 Å². The van der Waals surface area contributed by atoms with Gasteiger partial charge in [-0.1, -0.05) is 37.3 Å². The van der Waals surface area contributed by atoms with E-state index in [0.717, 1.165) is 18.5 Å². The Hall–Kier alpha value is -3.40. The number of aliphatic hydroxyl groups excluding tert-OH is 1. The first-order valence-corrected chi connectivity index (χ1v) is 10.5. The number of aliphatic hydroxyl groups is 1. The molecule has 168 valence electrons. The van der Waals surface area contributed by atoms with Gasteiger partial charge in [0.25, 0.3) is 5.95 Å². The third-order valence-electron chi connectivity index (χ3n) is 5.21. The maximum Gasteiger partial charge on any atom is 0.388 e. The Balaban J connectivity index is 1.79. The number of aryl methyl sites for hydroxylation is 1. The van der Waals surface area contributed by atoms with E-state index in [9.17, 15) is 13.9 Å². The van der Waals surface area contributed by atoms with Crippen molar-refractivity contribution in [3.8, 4) is 23.0 Å². The summed E-state index contributed by atoms with van der Waals surface area (Å²) >= 11 is 0. The Kier molecular flexibility index (Phi) is 6.69. The summed E-state index contributed by atoms with van der Waals surface area (Å²) in [6.07, 6.45) is 6.01. The van der Waals surface area contributed by atoms with Crippen molar-refractivity contribution in [3.63, 3.8) is 0 Å². The molecule has 3 heterocycles. The fourth-order valence-electron chi connectivity index (χ4n) is 3.53. The number of hydrogen-bond donors (Lipinski definition) is 2. The van der Waals surface area contributed by atoms with Crippen molar-refractivity contribution in [1.29, 1.82) is 0 Å². The Morgan fingerprint density at radius 3 is 2.78 bits per heavy atom. The minimum atomic E-state index is -3.02. The quantitative estimate of drug-likeness (QED) is 0.547. The zero-order valence-electron chi connectivity index (χ0n) is 17.6. The molecule has 0 saturated heterocycles. The van der Waals surface area contributed by atoms with Gasteiger partial charge in [-0.25, -0.2) is 9.67 Å². The van der Waals surface area contributed by atoms with Gasteiger partial charge in [0.1, 0.15) is 5.69 Å². The number of rotatable bonds is 8.